The average Bonchev–Trinajstić information content (AvgIpc) is 2.70. The third kappa shape index (κ3) is 4.76. The predicted molar refractivity (Wildman–Crippen MR) is 131 cm³/mol. The van der Waals surface area contributed by atoms with Gasteiger partial charge in [0, 0.05) is 31.6 Å². The van der Waals surface area contributed by atoms with E-state index in [0.29, 0.717) is 18.0 Å². The van der Waals surface area contributed by atoms with Crippen LogP contribution in [-0.4, -0.2) is 50.8 Å². The molecule has 33 heavy (non-hydrogen) atoms. The minimum absolute atomic E-state index is 0.129. The second kappa shape index (κ2) is 8.71. The number of hydrogen-bond acceptors (Lipinski definition) is 6. The Kier molecular flexibility index (Phi) is 6.25. The van der Waals surface area contributed by atoms with Crippen molar-refractivity contribution in [2.45, 2.75) is 51.7 Å². The SMILES string of the molecule is CC(C)(C)[Si](C)(C)OCCCc1cn(-c2ccc(C#N)cc2)c(=O)c(N2CC3(COC3)C2)n1. The molecule has 1 spiro atoms. The molecule has 1 aromatic carbocycles. The smallest absolute Gasteiger partial charge is 0.298 e. The van der Waals surface area contributed by atoms with Crippen LogP contribution in [0.15, 0.2) is 35.3 Å². The monoisotopic (exact) mass is 466 g/mol. The van der Waals surface area contributed by atoms with Gasteiger partial charge in [-0.3, -0.25) is 9.36 Å². The zero-order chi connectivity index (χ0) is 23.9. The third-order valence-corrected chi connectivity index (χ3v) is 11.8. The Hall–Kier alpha value is -2.47. The van der Waals surface area contributed by atoms with E-state index in [1.54, 1.807) is 16.7 Å². The zero-order valence-corrected chi connectivity index (χ0v) is 21.4. The lowest BCUT2D eigenvalue weighted by Crippen LogP contribution is -2.67. The van der Waals surface area contributed by atoms with Gasteiger partial charge in [-0.05, 0) is 55.2 Å². The molecule has 0 aliphatic carbocycles. The van der Waals surface area contributed by atoms with Gasteiger partial charge in [0.15, 0.2) is 14.1 Å². The van der Waals surface area contributed by atoms with Crippen molar-refractivity contribution in [3.63, 3.8) is 0 Å². The number of nitrogens with zero attached hydrogens (tertiary/aromatic N) is 4. The minimum Gasteiger partial charge on any atom is -0.417 e. The highest BCUT2D eigenvalue weighted by atomic mass is 28.4. The first kappa shape index (κ1) is 23.7. The lowest BCUT2D eigenvalue weighted by Gasteiger charge is -2.55. The molecule has 0 unspecified atom stereocenters. The van der Waals surface area contributed by atoms with Gasteiger partial charge in [0.2, 0.25) is 0 Å². The van der Waals surface area contributed by atoms with Gasteiger partial charge in [-0.25, -0.2) is 4.98 Å². The molecule has 7 nitrogen and oxygen atoms in total. The normalized spacial score (nSPS) is 17.4. The van der Waals surface area contributed by atoms with Crippen molar-refractivity contribution < 1.29 is 9.16 Å². The molecular formula is C25H34N4O3Si. The molecule has 2 fully saturated rings. The number of ether oxygens (including phenoxy) is 1. The van der Waals surface area contributed by atoms with Gasteiger partial charge in [0.25, 0.3) is 5.56 Å². The van der Waals surface area contributed by atoms with E-state index in [-0.39, 0.29) is 16.0 Å². The van der Waals surface area contributed by atoms with Gasteiger partial charge in [-0.2, -0.15) is 5.26 Å². The maximum absolute atomic E-state index is 13.3. The fraction of sp³-hybridized carbons (Fsp3) is 0.560. The molecule has 0 amide bonds. The second-order valence-corrected chi connectivity index (χ2v) is 15.8. The predicted octanol–water partition coefficient (Wildman–Crippen LogP) is 3.90. The number of benzene rings is 1. The van der Waals surface area contributed by atoms with Crippen molar-refractivity contribution in [3.05, 3.63) is 52.1 Å². The Balaban J connectivity index is 1.55. The van der Waals surface area contributed by atoms with E-state index in [4.69, 9.17) is 19.4 Å². The van der Waals surface area contributed by atoms with Crippen LogP contribution in [0.3, 0.4) is 0 Å². The topological polar surface area (TPSA) is 80.4 Å². The average molecular weight is 467 g/mol. The maximum atomic E-state index is 13.3. The number of aromatic nitrogens is 2. The summed E-state index contributed by atoms with van der Waals surface area (Å²) in [5, 5.41) is 9.29. The lowest BCUT2D eigenvalue weighted by atomic mass is 9.78. The number of aryl methyl sites for hydroxylation is 1. The molecule has 0 N–H and O–H groups in total. The second-order valence-electron chi connectivity index (χ2n) is 11.0. The van der Waals surface area contributed by atoms with Crippen molar-refractivity contribution >= 4 is 14.1 Å². The van der Waals surface area contributed by atoms with Gasteiger partial charge in [-0.1, -0.05) is 20.8 Å². The van der Waals surface area contributed by atoms with Crippen LogP contribution in [0.2, 0.25) is 18.1 Å². The van der Waals surface area contributed by atoms with Crippen molar-refractivity contribution in [1.82, 2.24) is 9.55 Å². The highest BCUT2D eigenvalue weighted by molar-refractivity contribution is 6.74. The quantitative estimate of drug-likeness (QED) is 0.455. The van der Waals surface area contributed by atoms with E-state index in [9.17, 15) is 4.79 Å². The van der Waals surface area contributed by atoms with Crippen molar-refractivity contribution in [2.24, 2.45) is 5.41 Å². The standard InChI is InChI=1S/C25H34N4O3Si/c1-24(2,3)33(4,5)32-12-6-7-20-14-29(21-10-8-19(13-26)9-11-21)23(30)22(27-20)28-15-25(16-28)17-31-18-25/h8-11,14H,6-7,12,15-18H2,1-5H3. The molecule has 4 rings (SSSR count). The lowest BCUT2D eigenvalue weighted by molar-refractivity contribution is -0.127. The molecule has 3 heterocycles. The van der Waals surface area contributed by atoms with Crippen LogP contribution in [0, 0.1) is 16.7 Å². The van der Waals surface area contributed by atoms with Gasteiger partial charge >= 0.3 is 0 Å². The van der Waals surface area contributed by atoms with Gasteiger partial charge in [-0.15, -0.1) is 0 Å². The molecule has 2 aliphatic rings. The van der Waals surface area contributed by atoms with Crippen LogP contribution in [0.25, 0.3) is 5.69 Å². The van der Waals surface area contributed by atoms with E-state index in [1.807, 2.05) is 18.3 Å². The molecule has 0 radical (unpaired) electrons. The van der Waals surface area contributed by atoms with Crippen LogP contribution < -0.4 is 10.5 Å². The van der Waals surface area contributed by atoms with E-state index >= 15 is 0 Å². The molecule has 1 aromatic heterocycles. The molecule has 0 atom stereocenters. The Morgan fingerprint density at radius 1 is 1.21 bits per heavy atom. The largest absolute Gasteiger partial charge is 0.417 e. The molecular weight excluding hydrogens is 432 g/mol. The highest BCUT2D eigenvalue weighted by Crippen LogP contribution is 2.39. The number of nitriles is 1. The van der Waals surface area contributed by atoms with Crippen LogP contribution in [0.4, 0.5) is 5.82 Å². The Bertz CT molecular complexity index is 1100. The summed E-state index contributed by atoms with van der Waals surface area (Å²) < 4.78 is 13.4. The van der Waals surface area contributed by atoms with Crippen LogP contribution in [0.1, 0.15) is 38.4 Å². The highest BCUT2D eigenvalue weighted by Gasteiger charge is 2.50. The summed E-state index contributed by atoms with van der Waals surface area (Å²) in [6, 6.07) is 9.22. The molecule has 0 saturated carbocycles. The summed E-state index contributed by atoms with van der Waals surface area (Å²) in [6.07, 6.45) is 3.42. The fourth-order valence-electron chi connectivity index (χ4n) is 4.03. The molecule has 0 bridgehead atoms. The molecule has 176 valence electrons. The summed E-state index contributed by atoms with van der Waals surface area (Å²) in [5.41, 5.74) is 2.25. The van der Waals surface area contributed by atoms with E-state index in [1.165, 1.54) is 0 Å². The maximum Gasteiger partial charge on any atom is 0.298 e. The Morgan fingerprint density at radius 2 is 1.88 bits per heavy atom. The van der Waals surface area contributed by atoms with Crippen LogP contribution in [0.5, 0.6) is 0 Å². The van der Waals surface area contributed by atoms with Crippen LogP contribution >= 0.6 is 0 Å². The van der Waals surface area contributed by atoms with Gasteiger partial charge < -0.3 is 14.1 Å². The van der Waals surface area contributed by atoms with Crippen molar-refractivity contribution in [3.8, 4) is 11.8 Å². The minimum atomic E-state index is -1.79. The van der Waals surface area contributed by atoms with E-state index in [0.717, 1.165) is 50.5 Å². The van der Waals surface area contributed by atoms with Crippen molar-refractivity contribution in [2.75, 3.05) is 37.8 Å². The molecule has 8 heteroatoms. The van der Waals surface area contributed by atoms with Gasteiger partial charge in [0.1, 0.15) is 0 Å². The molecule has 2 aliphatic heterocycles. The van der Waals surface area contributed by atoms with E-state index < -0.39 is 8.32 Å². The van der Waals surface area contributed by atoms with Gasteiger partial charge in [0.05, 0.1) is 36.0 Å². The molecule has 2 saturated heterocycles. The molecule has 2 aromatic rings. The summed E-state index contributed by atoms with van der Waals surface area (Å²) in [5.74, 6) is 0.500. The number of rotatable bonds is 7. The zero-order valence-electron chi connectivity index (χ0n) is 20.4. The number of anilines is 1. The summed E-state index contributed by atoms with van der Waals surface area (Å²) in [6.45, 7) is 15.1. The first-order chi connectivity index (χ1) is 15.5. The first-order valence-corrected chi connectivity index (χ1v) is 14.5. The summed E-state index contributed by atoms with van der Waals surface area (Å²) in [7, 11) is -1.79. The van der Waals surface area contributed by atoms with Crippen LogP contribution in [-0.2, 0) is 15.6 Å². The third-order valence-electron chi connectivity index (χ3n) is 7.23. The summed E-state index contributed by atoms with van der Waals surface area (Å²) >= 11 is 0. The van der Waals surface area contributed by atoms with E-state index in [2.05, 4.69) is 44.8 Å². The van der Waals surface area contributed by atoms with Crippen molar-refractivity contribution in [1.29, 1.82) is 5.26 Å². The number of hydrogen-bond donors (Lipinski definition) is 0. The Morgan fingerprint density at radius 3 is 2.42 bits per heavy atom. The Labute approximate surface area is 197 Å². The fourth-order valence-corrected chi connectivity index (χ4v) is 5.11. The first-order valence-electron chi connectivity index (χ1n) is 11.6. The summed E-state index contributed by atoms with van der Waals surface area (Å²) in [4.78, 5) is 20.2.